The summed E-state index contributed by atoms with van der Waals surface area (Å²) in [4.78, 5) is 0. The van der Waals surface area contributed by atoms with Crippen LogP contribution in [0, 0.1) is 10.8 Å². The lowest BCUT2D eigenvalue weighted by molar-refractivity contribution is -0.365. The van der Waals surface area contributed by atoms with Gasteiger partial charge in [0.2, 0.25) is 0 Å². The highest BCUT2D eigenvalue weighted by molar-refractivity contribution is 5.25. The molecular formula is C78H134O43. The SMILES string of the molecule is CCCCCCCCC(CO[C@@H]1OC(CO)[C@@H](O[C@H]2OC(CO)[C@@H](O)[C@H](O)C2O)[C@H](O)C1O)(CO[C@@H]1OC(CO)[C@@H](O[C@H]2OC(CO)[C@@H](O)[C@H](O)C2O)[C@H](O)C1O)Cc1ccc(C[C@](CCCCCCCC)(CO[C@H]2C[C@@H](O)[C@H](O[C@H]3OC(CO)[C@@H](O)[C@H](O)C3O)C(CO)O2)CO[C@@H]2OC(CO)[C@@H](O[C@H]3OC(CO)[C@@H](O)[C@H](O)C3O)[C@H](O)C2O)cc1. The molecule has 27 N–H and O–H groups in total. The van der Waals surface area contributed by atoms with Gasteiger partial charge in [-0.2, -0.15) is 0 Å². The van der Waals surface area contributed by atoms with Gasteiger partial charge >= 0.3 is 0 Å². The van der Waals surface area contributed by atoms with E-state index in [0.29, 0.717) is 36.8 Å². The lowest BCUT2D eigenvalue weighted by atomic mass is 9.76. The maximum absolute atomic E-state index is 11.9. The summed E-state index contributed by atoms with van der Waals surface area (Å²) in [5.74, 6) is 0. The molecule has 121 heavy (non-hydrogen) atoms. The van der Waals surface area contributed by atoms with E-state index in [4.69, 9.17) is 75.8 Å². The minimum Gasteiger partial charge on any atom is -0.394 e. The van der Waals surface area contributed by atoms with Crippen LogP contribution in [0.15, 0.2) is 24.3 Å². The van der Waals surface area contributed by atoms with Crippen molar-refractivity contribution in [2.75, 3.05) is 79.3 Å². The second kappa shape index (κ2) is 48.4. The topological polar surface area (TPSA) is 694 Å². The van der Waals surface area contributed by atoms with Crippen LogP contribution < -0.4 is 0 Å². The largest absolute Gasteiger partial charge is 0.394 e. The number of aliphatic hydroxyl groups excluding tert-OH is 27. The Hall–Kier alpha value is -2.50. The second-order valence-electron chi connectivity index (χ2n) is 33.4. The molecule has 0 amide bonds. The first kappa shape index (κ1) is 102. The monoisotopic (exact) mass is 1760 g/mol. The number of aliphatic hydroxyl groups is 27. The second-order valence-corrected chi connectivity index (χ2v) is 33.4. The van der Waals surface area contributed by atoms with Gasteiger partial charge in [0, 0.05) is 17.3 Å². The minimum absolute atomic E-state index is 0.0231. The Morgan fingerprint density at radius 2 is 0.504 bits per heavy atom. The smallest absolute Gasteiger partial charge is 0.187 e. The van der Waals surface area contributed by atoms with Crippen molar-refractivity contribution in [2.45, 2.75) is 363 Å². The number of hydrogen-bond acceptors (Lipinski definition) is 43. The Balaban J connectivity index is 1.05. The number of benzene rings is 1. The van der Waals surface area contributed by atoms with Crippen LogP contribution in [-0.4, -0.2) is 457 Å². The number of ether oxygens (including phenoxy) is 16. The van der Waals surface area contributed by atoms with E-state index in [1.165, 1.54) is 0 Å². The molecule has 0 aliphatic carbocycles. The van der Waals surface area contributed by atoms with E-state index >= 15 is 0 Å². The van der Waals surface area contributed by atoms with E-state index in [0.717, 1.165) is 51.4 Å². The fourth-order valence-electron chi connectivity index (χ4n) is 16.8. The molecule has 0 saturated carbocycles. The van der Waals surface area contributed by atoms with Crippen LogP contribution >= 0.6 is 0 Å². The molecule has 15 unspecified atom stereocenters. The van der Waals surface area contributed by atoms with Crippen molar-refractivity contribution in [3.05, 3.63) is 35.4 Å². The Bertz CT molecular complexity index is 2970. The molecule has 1 aromatic rings. The van der Waals surface area contributed by atoms with Gasteiger partial charge in [0.15, 0.2) is 50.3 Å². The third-order valence-corrected chi connectivity index (χ3v) is 24.2. The third-order valence-electron chi connectivity index (χ3n) is 24.2. The van der Waals surface area contributed by atoms with Crippen LogP contribution in [0.4, 0.5) is 0 Å². The molecule has 43 heteroatoms. The first-order chi connectivity index (χ1) is 57.8. The number of rotatable bonds is 46. The van der Waals surface area contributed by atoms with Gasteiger partial charge in [-0.15, -0.1) is 0 Å². The molecule has 8 heterocycles. The zero-order valence-corrected chi connectivity index (χ0v) is 67.9. The fourth-order valence-corrected chi connectivity index (χ4v) is 16.8. The van der Waals surface area contributed by atoms with Gasteiger partial charge < -0.3 is 214 Å². The summed E-state index contributed by atoms with van der Waals surface area (Å²) < 4.78 is 96.4. The Morgan fingerprint density at radius 1 is 0.264 bits per heavy atom. The molecule has 1 aromatic carbocycles. The highest BCUT2D eigenvalue weighted by Gasteiger charge is 2.57. The third kappa shape index (κ3) is 25.6. The summed E-state index contributed by atoms with van der Waals surface area (Å²) in [7, 11) is 0. The average molecular weight is 1760 g/mol. The summed E-state index contributed by atoms with van der Waals surface area (Å²) >= 11 is 0. The Labute approximate surface area is 699 Å². The first-order valence-electron chi connectivity index (χ1n) is 42.0. The lowest BCUT2D eigenvalue weighted by Gasteiger charge is -2.47. The molecule has 43 nitrogen and oxygen atoms in total. The molecule has 0 spiro atoms. The number of unbranched alkanes of at least 4 members (excludes halogenated alkanes) is 10. The molecule has 8 fully saturated rings. The van der Waals surface area contributed by atoms with Crippen LogP contribution in [0.25, 0.3) is 0 Å². The fraction of sp³-hybridized carbons (Fsp3) is 0.923. The first-order valence-corrected chi connectivity index (χ1v) is 42.0. The van der Waals surface area contributed by atoms with Crippen molar-refractivity contribution < 1.29 is 214 Å². The maximum Gasteiger partial charge on any atom is 0.187 e. The summed E-state index contributed by atoms with van der Waals surface area (Å²) in [6.07, 6.45) is -59.8. The summed E-state index contributed by atoms with van der Waals surface area (Å²) in [6.45, 7) is -4.52. The van der Waals surface area contributed by atoms with Gasteiger partial charge in [0.1, 0.15) is 183 Å². The normalized spacial score (nSPS) is 43.0. The van der Waals surface area contributed by atoms with Gasteiger partial charge in [0.25, 0.3) is 0 Å². The summed E-state index contributed by atoms with van der Waals surface area (Å²) in [5.41, 5.74) is -1.51. The Morgan fingerprint density at radius 3 is 0.785 bits per heavy atom. The van der Waals surface area contributed by atoms with E-state index in [-0.39, 0.29) is 38.7 Å². The van der Waals surface area contributed by atoms with Crippen LogP contribution in [0.1, 0.15) is 121 Å². The molecule has 8 saturated heterocycles. The van der Waals surface area contributed by atoms with Gasteiger partial charge in [0.05, 0.1) is 85.4 Å². The quantitative estimate of drug-likeness (QED) is 0.0270. The molecule has 0 bridgehead atoms. The van der Waals surface area contributed by atoms with E-state index in [2.05, 4.69) is 6.92 Å². The predicted octanol–water partition coefficient (Wildman–Crippen LogP) is -10.2. The van der Waals surface area contributed by atoms with Crippen molar-refractivity contribution in [2.24, 2.45) is 10.8 Å². The maximum atomic E-state index is 11.9. The highest BCUT2D eigenvalue weighted by Crippen LogP contribution is 2.42. The van der Waals surface area contributed by atoms with Crippen LogP contribution in [-0.2, 0) is 88.6 Å². The van der Waals surface area contributed by atoms with Crippen molar-refractivity contribution >= 4 is 0 Å². The molecule has 8 aliphatic rings. The number of hydrogen-bond donors (Lipinski definition) is 27. The molecule has 9 rings (SSSR count). The van der Waals surface area contributed by atoms with Gasteiger partial charge in [-0.3, -0.25) is 0 Å². The summed E-state index contributed by atoms with van der Waals surface area (Å²) in [6, 6.07) is 7.05. The predicted molar refractivity (Wildman–Crippen MR) is 403 cm³/mol. The van der Waals surface area contributed by atoms with Crippen LogP contribution in [0.3, 0.4) is 0 Å². The van der Waals surface area contributed by atoms with Crippen molar-refractivity contribution in [1.29, 1.82) is 0 Å². The van der Waals surface area contributed by atoms with E-state index < -0.39 is 323 Å². The molecule has 0 aromatic heterocycles. The van der Waals surface area contributed by atoms with Gasteiger partial charge in [-0.05, 0) is 36.8 Å². The van der Waals surface area contributed by atoms with Crippen molar-refractivity contribution in [3.63, 3.8) is 0 Å². The highest BCUT2D eigenvalue weighted by atomic mass is 16.8. The molecule has 0 radical (unpaired) electrons. The summed E-state index contributed by atoms with van der Waals surface area (Å²) in [5, 5.41) is 294. The minimum atomic E-state index is -2.04. The van der Waals surface area contributed by atoms with Crippen LogP contribution in [0.5, 0.6) is 0 Å². The zero-order valence-electron chi connectivity index (χ0n) is 67.9. The molecule has 704 valence electrons. The van der Waals surface area contributed by atoms with Gasteiger partial charge in [-0.1, -0.05) is 115 Å². The molecule has 8 aliphatic heterocycles. The molecular weight excluding hydrogens is 1620 g/mol. The van der Waals surface area contributed by atoms with Gasteiger partial charge in [-0.25, -0.2) is 0 Å². The van der Waals surface area contributed by atoms with E-state index in [1.807, 2.05) is 6.92 Å². The standard InChI is InChI=1S/C78H134O43/c1-3-5-7-9-11-13-19-77(32-106-47-21-38(87)66(43(28-83)110-47)118-73-59(99)52(92)48(88)39(24-79)111-73,33-107-70-63(103)56(96)67(44(29-84)115-70)119-74-60(100)53(93)49(89)40(25-80)112-74)22-36-15-17-37(18-16-36)23-78(20-14-12-10-8-6-4-2,34-108-71-64(104)57(97)68(45(30-85)116-71)120-75-61(101)54(94)50(90)41(26-81)113-75)35-109-72-65(105)58(98)69(46(31-86)117-72)121-76-62(102)55(95)51(91)42(27-82)114-76/h15-18,38-76,79-105H,3-14,19-35H2,1-2H3/t38-,39?,40?,41?,42?,43?,44?,45?,46?,47-,48-,49-,50-,51-,52+,53+,54+,55+,56-,57-,58-,59?,60?,61?,62?,63?,64?,65?,66+,67-,68-,69-,70-,71-,72-,73-,74-,75-,76-,77-,78?/m1/s1. The lowest BCUT2D eigenvalue weighted by Crippen LogP contribution is -2.65. The van der Waals surface area contributed by atoms with Crippen molar-refractivity contribution in [1.82, 2.24) is 0 Å². The van der Waals surface area contributed by atoms with Crippen molar-refractivity contribution in [3.8, 4) is 0 Å². The van der Waals surface area contributed by atoms with E-state index in [1.54, 1.807) is 24.3 Å². The molecule has 40 atom stereocenters. The van der Waals surface area contributed by atoms with E-state index in [9.17, 15) is 138 Å². The van der Waals surface area contributed by atoms with Crippen LogP contribution in [0.2, 0.25) is 0 Å². The zero-order chi connectivity index (χ0) is 88.3. The Kier molecular flexibility index (Phi) is 40.9. The average Bonchev–Trinajstić information content (AvgIpc) is 1.64.